The van der Waals surface area contributed by atoms with Crippen molar-refractivity contribution >= 4 is 16.7 Å². The minimum Gasteiger partial charge on any atom is -0.494 e. The van der Waals surface area contributed by atoms with Gasteiger partial charge < -0.3 is 14.8 Å². The Hall–Kier alpha value is -3.19. The highest BCUT2D eigenvalue weighted by Crippen LogP contribution is 2.17. The van der Waals surface area contributed by atoms with E-state index in [0.29, 0.717) is 48.4 Å². The molecule has 3 aromatic rings. The SMILES string of the molecule is CCOc1ccc(-n2nc(C(=O)NCCCOC)c3ccccc3c2=O)cc1. The zero-order valence-corrected chi connectivity index (χ0v) is 16.0. The number of benzene rings is 2. The molecule has 146 valence electrons. The molecule has 1 aromatic heterocycles. The Bertz CT molecular complexity index is 1010. The van der Waals surface area contributed by atoms with Crippen LogP contribution in [-0.4, -0.2) is 42.6 Å². The highest BCUT2D eigenvalue weighted by molar-refractivity contribution is 6.04. The molecular formula is C21H23N3O4. The largest absolute Gasteiger partial charge is 0.494 e. The lowest BCUT2D eigenvalue weighted by molar-refractivity contribution is 0.0944. The molecule has 1 heterocycles. The number of carbonyl (C=O) groups is 1. The summed E-state index contributed by atoms with van der Waals surface area (Å²) in [5.74, 6) is 0.378. The first-order valence-corrected chi connectivity index (χ1v) is 9.18. The van der Waals surface area contributed by atoms with E-state index in [4.69, 9.17) is 9.47 Å². The van der Waals surface area contributed by atoms with E-state index in [9.17, 15) is 9.59 Å². The Balaban J connectivity index is 2.02. The van der Waals surface area contributed by atoms with Gasteiger partial charge in [-0.25, -0.2) is 0 Å². The fourth-order valence-corrected chi connectivity index (χ4v) is 2.88. The molecule has 0 spiro atoms. The van der Waals surface area contributed by atoms with Crippen molar-refractivity contribution in [2.75, 3.05) is 26.9 Å². The summed E-state index contributed by atoms with van der Waals surface area (Å²) in [5, 5.41) is 8.16. The third kappa shape index (κ3) is 4.20. The minimum absolute atomic E-state index is 0.210. The van der Waals surface area contributed by atoms with Gasteiger partial charge in [0.2, 0.25) is 0 Å². The van der Waals surface area contributed by atoms with Gasteiger partial charge in [0.25, 0.3) is 11.5 Å². The van der Waals surface area contributed by atoms with E-state index in [1.807, 2.05) is 6.92 Å². The Morgan fingerprint density at radius 3 is 2.50 bits per heavy atom. The second-order valence-corrected chi connectivity index (χ2v) is 6.14. The number of carbonyl (C=O) groups excluding carboxylic acids is 1. The second-order valence-electron chi connectivity index (χ2n) is 6.14. The summed E-state index contributed by atoms with van der Waals surface area (Å²) < 4.78 is 11.7. The Morgan fingerprint density at radius 2 is 1.82 bits per heavy atom. The van der Waals surface area contributed by atoms with Crippen LogP contribution in [0.1, 0.15) is 23.8 Å². The fraction of sp³-hybridized carbons (Fsp3) is 0.286. The number of methoxy groups -OCH3 is 1. The van der Waals surface area contributed by atoms with Crippen molar-refractivity contribution in [3.63, 3.8) is 0 Å². The minimum atomic E-state index is -0.327. The Labute approximate surface area is 162 Å². The maximum atomic E-state index is 12.9. The lowest BCUT2D eigenvalue weighted by Gasteiger charge is -2.12. The molecule has 7 nitrogen and oxygen atoms in total. The Morgan fingerprint density at radius 1 is 1.11 bits per heavy atom. The molecule has 0 radical (unpaired) electrons. The quantitative estimate of drug-likeness (QED) is 0.607. The van der Waals surface area contributed by atoms with Crippen molar-refractivity contribution in [2.24, 2.45) is 0 Å². The molecule has 1 N–H and O–H groups in total. The summed E-state index contributed by atoms with van der Waals surface area (Å²) in [4.78, 5) is 25.6. The van der Waals surface area contributed by atoms with Crippen molar-refractivity contribution in [1.82, 2.24) is 15.1 Å². The van der Waals surface area contributed by atoms with Crippen LogP contribution in [0.15, 0.2) is 53.3 Å². The second kappa shape index (κ2) is 9.14. The standard InChI is InChI=1S/C21H23N3O4/c1-3-28-16-11-9-15(10-12-16)24-21(26)18-8-5-4-7-17(18)19(23-24)20(25)22-13-6-14-27-2/h4-5,7-12H,3,6,13-14H2,1-2H3,(H,22,25). The highest BCUT2D eigenvalue weighted by Gasteiger charge is 2.17. The molecule has 0 bridgehead atoms. The number of rotatable bonds is 8. The molecule has 0 aliphatic carbocycles. The summed E-state index contributed by atoms with van der Waals surface area (Å²) in [6.07, 6.45) is 0.693. The summed E-state index contributed by atoms with van der Waals surface area (Å²) in [7, 11) is 1.61. The average Bonchev–Trinajstić information content (AvgIpc) is 2.72. The average molecular weight is 381 g/mol. The number of amides is 1. The summed E-state index contributed by atoms with van der Waals surface area (Å²) in [6, 6.07) is 14.0. The van der Waals surface area contributed by atoms with Crippen LogP contribution < -0.4 is 15.6 Å². The molecule has 0 saturated heterocycles. The van der Waals surface area contributed by atoms with Crippen LogP contribution in [0.2, 0.25) is 0 Å². The first kappa shape index (κ1) is 19.6. The number of hydrogen-bond donors (Lipinski definition) is 1. The smallest absolute Gasteiger partial charge is 0.279 e. The molecule has 0 saturated carbocycles. The van der Waals surface area contributed by atoms with Gasteiger partial charge in [-0.2, -0.15) is 9.78 Å². The number of ether oxygens (including phenoxy) is 2. The van der Waals surface area contributed by atoms with Gasteiger partial charge in [0.15, 0.2) is 5.69 Å². The number of fused-ring (bicyclic) bond motifs is 1. The lowest BCUT2D eigenvalue weighted by atomic mass is 10.1. The molecule has 0 aliphatic rings. The van der Waals surface area contributed by atoms with Gasteiger partial charge in [-0.1, -0.05) is 18.2 Å². The van der Waals surface area contributed by atoms with Crippen LogP contribution in [0.25, 0.3) is 16.5 Å². The van der Waals surface area contributed by atoms with Gasteiger partial charge in [0, 0.05) is 25.6 Å². The predicted octanol–water partition coefficient (Wildman–Crippen LogP) is 2.55. The third-order valence-electron chi connectivity index (χ3n) is 4.22. The van der Waals surface area contributed by atoms with Gasteiger partial charge in [-0.3, -0.25) is 9.59 Å². The highest BCUT2D eigenvalue weighted by atomic mass is 16.5. The molecule has 0 fully saturated rings. The van der Waals surface area contributed by atoms with Gasteiger partial charge in [-0.15, -0.1) is 0 Å². The van der Waals surface area contributed by atoms with Crippen molar-refractivity contribution in [1.29, 1.82) is 0 Å². The van der Waals surface area contributed by atoms with Crippen molar-refractivity contribution < 1.29 is 14.3 Å². The van der Waals surface area contributed by atoms with Gasteiger partial charge in [0.1, 0.15) is 5.75 Å². The topological polar surface area (TPSA) is 82.5 Å². The van der Waals surface area contributed by atoms with Gasteiger partial charge >= 0.3 is 0 Å². The van der Waals surface area contributed by atoms with E-state index in [1.54, 1.807) is 55.6 Å². The summed E-state index contributed by atoms with van der Waals surface area (Å²) in [5.41, 5.74) is 0.491. The van der Waals surface area contributed by atoms with Gasteiger partial charge in [-0.05, 0) is 43.7 Å². The van der Waals surface area contributed by atoms with E-state index >= 15 is 0 Å². The van der Waals surface area contributed by atoms with Crippen LogP contribution in [0.4, 0.5) is 0 Å². The van der Waals surface area contributed by atoms with Crippen molar-refractivity contribution in [3.8, 4) is 11.4 Å². The van der Waals surface area contributed by atoms with E-state index in [0.717, 1.165) is 0 Å². The van der Waals surface area contributed by atoms with Crippen molar-refractivity contribution in [3.05, 3.63) is 64.6 Å². The third-order valence-corrected chi connectivity index (χ3v) is 4.22. The Kier molecular flexibility index (Phi) is 6.39. The number of nitrogens with zero attached hydrogens (tertiary/aromatic N) is 2. The molecule has 3 rings (SSSR count). The number of aromatic nitrogens is 2. The van der Waals surface area contributed by atoms with E-state index in [-0.39, 0.29) is 17.2 Å². The fourth-order valence-electron chi connectivity index (χ4n) is 2.88. The van der Waals surface area contributed by atoms with Crippen LogP contribution in [0.3, 0.4) is 0 Å². The molecule has 2 aromatic carbocycles. The van der Waals surface area contributed by atoms with Crippen LogP contribution >= 0.6 is 0 Å². The normalized spacial score (nSPS) is 10.8. The van der Waals surface area contributed by atoms with Gasteiger partial charge in [0.05, 0.1) is 17.7 Å². The number of hydrogen-bond acceptors (Lipinski definition) is 5. The van der Waals surface area contributed by atoms with E-state index in [2.05, 4.69) is 10.4 Å². The van der Waals surface area contributed by atoms with Crippen LogP contribution in [0, 0.1) is 0 Å². The first-order valence-electron chi connectivity index (χ1n) is 9.18. The van der Waals surface area contributed by atoms with Crippen molar-refractivity contribution in [2.45, 2.75) is 13.3 Å². The molecular weight excluding hydrogens is 358 g/mol. The molecule has 0 atom stereocenters. The number of nitrogens with one attached hydrogen (secondary N) is 1. The maximum Gasteiger partial charge on any atom is 0.279 e. The molecule has 28 heavy (non-hydrogen) atoms. The zero-order valence-electron chi connectivity index (χ0n) is 16.0. The maximum absolute atomic E-state index is 12.9. The monoisotopic (exact) mass is 381 g/mol. The summed E-state index contributed by atoms with van der Waals surface area (Å²) >= 11 is 0. The predicted molar refractivity (Wildman–Crippen MR) is 107 cm³/mol. The lowest BCUT2D eigenvalue weighted by Crippen LogP contribution is -2.30. The zero-order chi connectivity index (χ0) is 19.9. The molecule has 0 unspecified atom stereocenters. The summed E-state index contributed by atoms with van der Waals surface area (Å²) in [6.45, 7) is 3.48. The van der Waals surface area contributed by atoms with Crippen LogP contribution in [-0.2, 0) is 4.74 Å². The molecule has 1 amide bonds. The molecule has 0 aliphatic heterocycles. The molecule has 7 heteroatoms. The van der Waals surface area contributed by atoms with E-state index in [1.165, 1.54) is 4.68 Å². The van der Waals surface area contributed by atoms with E-state index < -0.39 is 0 Å². The van der Waals surface area contributed by atoms with Crippen LogP contribution in [0.5, 0.6) is 5.75 Å². The first-order chi connectivity index (χ1) is 13.7.